The van der Waals surface area contributed by atoms with Crippen LogP contribution in [-0.2, 0) is 0 Å². The van der Waals surface area contributed by atoms with Crippen molar-refractivity contribution in [2.24, 2.45) is 28.1 Å². The van der Waals surface area contributed by atoms with Crippen molar-refractivity contribution < 1.29 is 0 Å². The Morgan fingerprint density at radius 1 is 0.941 bits per heavy atom. The molecule has 0 saturated heterocycles. The van der Waals surface area contributed by atoms with Crippen LogP contribution in [0.25, 0.3) is 0 Å². The Morgan fingerprint density at radius 3 is 1.71 bits per heavy atom. The molecule has 0 nitrogen and oxygen atoms in total. The molecule has 0 spiro atoms. The zero-order valence-electron chi connectivity index (χ0n) is 13.5. The minimum Gasteiger partial charge on any atom is -0.0625 e. The summed E-state index contributed by atoms with van der Waals surface area (Å²) in [4.78, 5) is 0. The summed E-state index contributed by atoms with van der Waals surface area (Å²) in [7, 11) is 0. The van der Waals surface area contributed by atoms with E-state index >= 15 is 0 Å². The molecule has 0 aromatic heterocycles. The van der Waals surface area contributed by atoms with E-state index in [1.807, 2.05) is 0 Å². The van der Waals surface area contributed by atoms with Crippen LogP contribution in [0.3, 0.4) is 0 Å². The molecule has 0 aromatic carbocycles. The van der Waals surface area contributed by atoms with Crippen molar-refractivity contribution in [1.82, 2.24) is 0 Å². The van der Waals surface area contributed by atoms with Crippen LogP contribution in [0.5, 0.6) is 0 Å². The predicted molar refractivity (Wildman–Crippen MR) is 78.1 cm³/mol. The lowest BCUT2D eigenvalue weighted by atomic mass is 9.53. The van der Waals surface area contributed by atoms with E-state index in [2.05, 4.69) is 55.4 Å². The van der Waals surface area contributed by atoms with E-state index in [1.165, 1.54) is 25.7 Å². The van der Waals surface area contributed by atoms with Crippen molar-refractivity contribution in [2.45, 2.75) is 81.1 Å². The maximum absolute atomic E-state index is 2.50. The van der Waals surface area contributed by atoms with E-state index in [1.54, 1.807) is 0 Å². The molecule has 1 aliphatic carbocycles. The van der Waals surface area contributed by atoms with Gasteiger partial charge in [-0.3, -0.25) is 0 Å². The van der Waals surface area contributed by atoms with Gasteiger partial charge in [-0.2, -0.15) is 0 Å². The third kappa shape index (κ3) is 4.00. The number of rotatable bonds is 2. The standard InChI is InChI=1S/C17H34/c1-13-11-16(5,6)14(17(7,8)12-13)9-10-15(2,3)4/h13-14H,9-12H2,1-8H3. The highest BCUT2D eigenvalue weighted by Crippen LogP contribution is 2.55. The first-order valence-electron chi connectivity index (χ1n) is 7.44. The van der Waals surface area contributed by atoms with E-state index < -0.39 is 0 Å². The zero-order chi connectivity index (χ0) is 13.5. The molecule has 102 valence electrons. The van der Waals surface area contributed by atoms with Crippen molar-refractivity contribution in [1.29, 1.82) is 0 Å². The van der Waals surface area contributed by atoms with Gasteiger partial charge in [0.1, 0.15) is 0 Å². The second-order valence-electron chi connectivity index (χ2n) is 9.14. The highest BCUT2D eigenvalue weighted by Gasteiger charge is 2.45. The average molecular weight is 238 g/mol. The summed E-state index contributed by atoms with van der Waals surface area (Å²) in [6.07, 6.45) is 5.58. The molecule has 0 atom stereocenters. The van der Waals surface area contributed by atoms with Gasteiger partial charge in [-0.15, -0.1) is 0 Å². The maximum Gasteiger partial charge on any atom is -0.0311 e. The van der Waals surface area contributed by atoms with E-state index in [-0.39, 0.29) is 0 Å². The molecule has 1 saturated carbocycles. The van der Waals surface area contributed by atoms with E-state index in [0.717, 1.165) is 11.8 Å². The molecule has 0 aromatic rings. The van der Waals surface area contributed by atoms with Gasteiger partial charge in [0.05, 0.1) is 0 Å². The Balaban J connectivity index is 2.79. The zero-order valence-corrected chi connectivity index (χ0v) is 13.5. The number of hydrogen-bond donors (Lipinski definition) is 0. The largest absolute Gasteiger partial charge is 0.0625 e. The molecule has 0 bridgehead atoms. The average Bonchev–Trinajstić information content (AvgIpc) is 1.94. The Morgan fingerprint density at radius 2 is 1.35 bits per heavy atom. The highest BCUT2D eigenvalue weighted by atomic mass is 14.5. The molecule has 0 aliphatic heterocycles. The third-order valence-electron chi connectivity index (χ3n) is 4.82. The first kappa shape index (κ1) is 15.1. The van der Waals surface area contributed by atoms with Crippen LogP contribution in [0.4, 0.5) is 0 Å². The molecule has 1 aliphatic rings. The third-order valence-corrected chi connectivity index (χ3v) is 4.82. The molecular weight excluding hydrogens is 204 g/mol. The molecule has 0 radical (unpaired) electrons. The smallest absolute Gasteiger partial charge is 0.0311 e. The molecule has 17 heavy (non-hydrogen) atoms. The summed E-state index contributed by atoms with van der Waals surface area (Å²) in [6.45, 7) is 19.5. The summed E-state index contributed by atoms with van der Waals surface area (Å²) in [5.74, 6) is 1.77. The molecule has 0 amide bonds. The first-order chi connectivity index (χ1) is 7.44. The second-order valence-corrected chi connectivity index (χ2v) is 9.14. The van der Waals surface area contributed by atoms with E-state index in [0.29, 0.717) is 16.2 Å². The van der Waals surface area contributed by atoms with Crippen LogP contribution >= 0.6 is 0 Å². The van der Waals surface area contributed by atoms with Crippen molar-refractivity contribution in [3.8, 4) is 0 Å². The van der Waals surface area contributed by atoms with Gasteiger partial charge in [0.15, 0.2) is 0 Å². The van der Waals surface area contributed by atoms with Gasteiger partial charge < -0.3 is 0 Å². The Labute approximate surface area is 110 Å². The quantitative estimate of drug-likeness (QED) is 0.561. The molecule has 0 unspecified atom stereocenters. The summed E-state index contributed by atoms with van der Waals surface area (Å²) in [6, 6.07) is 0. The molecular formula is C17H34. The van der Waals surface area contributed by atoms with Gasteiger partial charge >= 0.3 is 0 Å². The van der Waals surface area contributed by atoms with Gasteiger partial charge in [-0.05, 0) is 53.8 Å². The summed E-state index contributed by atoms with van der Waals surface area (Å²) < 4.78 is 0. The van der Waals surface area contributed by atoms with Crippen molar-refractivity contribution in [2.75, 3.05) is 0 Å². The molecule has 0 heteroatoms. The van der Waals surface area contributed by atoms with Gasteiger partial charge in [0, 0.05) is 0 Å². The molecule has 0 heterocycles. The maximum atomic E-state index is 2.50. The van der Waals surface area contributed by atoms with Gasteiger partial charge in [-0.1, -0.05) is 55.4 Å². The van der Waals surface area contributed by atoms with Crippen LogP contribution < -0.4 is 0 Å². The topological polar surface area (TPSA) is 0 Å². The monoisotopic (exact) mass is 238 g/mol. The molecule has 0 N–H and O–H groups in total. The SMILES string of the molecule is CC1CC(C)(C)C(CCC(C)(C)C)C(C)(C)C1. The first-order valence-corrected chi connectivity index (χ1v) is 7.44. The number of hydrogen-bond acceptors (Lipinski definition) is 0. The molecule has 1 rings (SSSR count). The lowest BCUT2D eigenvalue weighted by Gasteiger charge is -2.52. The van der Waals surface area contributed by atoms with Crippen molar-refractivity contribution in [3.05, 3.63) is 0 Å². The fourth-order valence-electron chi connectivity index (χ4n) is 4.57. The Bertz CT molecular complexity index is 234. The summed E-state index contributed by atoms with van der Waals surface area (Å²) in [5, 5.41) is 0. The summed E-state index contributed by atoms with van der Waals surface area (Å²) >= 11 is 0. The normalized spacial score (nSPS) is 32.5. The van der Waals surface area contributed by atoms with Crippen LogP contribution in [0, 0.1) is 28.1 Å². The lowest BCUT2D eigenvalue weighted by molar-refractivity contribution is -0.0241. The highest BCUT2D eigenvalue weighted by molar-refractivity contribution is 4.95. The van der Waals surface area contributed by atoms with Gasteiger partial charge in [-0.25, -0.2) is 0 Å². The predicted octanol–water partition coefficient (Wildman–Crippen LogP) is 5.91. The minimum absolute atomic E-state index is 0.481. The van der Waals surface area contributed by atoms with E-state index in [4.69, 9.17) is 0 Å². The lowest BCUT2D eigenvalue weighted by Crippen LogP contribution is -2.43. The van der Waals surface area contributed by atoms with Crippen LogP contribution in [0.2, 0.25) is 0 Å². The summed E-state index contributed by atoms with van der Waals surface area (Å²) in [5.41, 5.74) is 1.52. The van der Waals surface area contributed by atoms with Crippen molar-refractivity contribution >= 4 is 0 Å². The minimum atomic E-state index is 0.481. The van der Waals surface area contributed by atoms with Gasteiger partial charge in [0.2, 0.25) is 0 Å². The van der Waals surface area contributed by atoms with Crippen LogP contribution in [-0.4, -0.2) is 0 Å². The van der Waals surface area contributed by atoms with Gasteiger partial charge in [0.25, 0.3) is 0 Å². The van der Waals surface area contributed by atoms with Crippen molar-refractivity contribution in [3.63, 3.8) is 0 Å². The molecule has 1 fully saturated rings. The van der Waals surface area contributed by atoms with Crippen LogP contribution in [0.15, 0.2) is 0 Å². The Kier molecular flexibility index (Phi) is 4.07. The second kappa shape index (κ2) is 4.59. The fourth-order valence-corrected chi connectivity index (χ4v) is 4.57. The van der Waals surface area contributed by atoms with E-state index in [9.17, 15) is 0 Å². The Hall–Kier alpha value is 0. The fraction of sp³-hybridized carbons (Fsp3) is 1.00. The van der Waals surface area contributed by atoms with Crippen LogP contribution in [0.1, 0.15) is 81.1 Å².